The monoisotopic (exact) mass is 282 g/mol. The molecule has 0 aliphatic heterocycles. The molecule has 0 saturated heterocycles. The van der Waals surface area contributed by atoms with Gasteiger partial charge in [0.05, 0.1) is 0 Å². The van der Waals surface area contributed by atoms with Crippen molar-refractivity contribution < 1.29 is 4.79 Å². The van der Waals surface area contributed by atoms with Gasteiger partial charge in [0.25, 0.3) is 5.91 Å². The number of benzene rings is 1. The van der Waals surface area contributed by atoms with Crippen LogP contribution in [0.2, 0.25) is 0 Å². The Balaban J connectivity index is 1.75. The number of aromatic amines is 1. The normalized spacial score (nSPS) is 14.4. The molecule has 1 saturated carbocycles. The van der Waals surface area contributed by atoms with Crippen molar-refractivity contribution in [2.24, 2.45) is 0 Å². The Labute approximate surface area is 126 Å². The maximum absolute atomic E-state index is 12.6. The van der Waals surface area contributed by atoms with Gasteiger partial charge in [-0.3, -0.25) is 4.79 Å². The Kier molecular flexibility index (Phi) is 3.82. The fourth-order valence-electron chi connectivity index (χ4n) is 2.58. The molecule has 1 fully saturated rings. The molecule has 3 rings (SSSR count). The molecule has 2 aromatic rings. The van der Waals surface area contributed by atoms with Crippen molar-refractivity contribution in [3.05, 3.63) is 59.4 Å². The standard InChI is InChI=1S/C18H22N2O/c1-13(2)15-7-5-14(6-8-15)12-20(16-9-10-16)18(21)17-4-3-11-19-17/h3-8,11,13,16,19H,9-10,12H2,1-2H3. The van der Waals surface area contributed by atoms with Crippen molar-refractivity contribution in [2.45, 2.75) is 45.2 Å². The lowest BCUT2D eigenvalue weighted by atomic mass is 10.0. The van der Waals surface area contributed by atoms with Crippen LogP contribution >= 0.6 is 0 Å². The number of carbonyl (C=O) groups excluding carboxylic acids is 1. The summed E-state index contributed by atoms with van der Waals surface area (Å²) in [7, 11) is 0. The summed E-state index contributed by atoms with van der Waals surface area (Å²) >= 11 is 0. The molecular formula is C18H22N2O. The number of carbonyl (C=O) groups is 1. The summed E-state index contributed by atoms with van der Waals surface area (Å²) in [6.45, 7) is 5.08. The minimum absolute atomic E-state index is 0.107. The molecule has 1 N–H and O–H groups in total. The topological polar surface area (TPSA) is 36.1 Å². The van der Waals surface area contributed by atoms with Crippen LogP contribution in [0, 0.1) is 0 Å². The zero-order valence-corrected chi connectivity index (χ0v) is 12.7. The highest BCUT2D eigenvalue weighted by Gasteiger charge is 2.33. The molecule has 1 aromatic carbocycles. The number of hydrogen-bond donors (Lipinski definition) is 1. The van der Waals surface area contributed by atoms with Gasteiger partial charge in [-0.25, -0.2) is 0 Å². The average molecular weight is 282 g/mol. The van der Waals surface area contributed by atoms with Crippen LogP contribution in [-0.4, -0.2) is 21.8 Å². The van der Waals surface area contributed by atoms with Gasteiger partial charge in [-0.2, -0.15) is 0 Å². The predicted octanol–water partition coefficient (Wildman–Crippen LogP) is 3.94. The summed E-state index contributed by atoms with van der Waals surface area (Å²) in [4.78, 5) is 17.6. The third-order valence-electron chi connectivity index (χ3n) is 4.08. The van der Waals surface area contributed by atoms with Gasteiger partial charge in [0.2, 0.25) is 0 Å². The molecule has 110 valence electrons. The lowest BCUT2D eigenvalue weighted by molar-refractivity contribution is 0.0724. The fourth-order valence-corrected chi connectivity index (χ4v) is 2.58. The van der Waals surface area contributed by atoms with Crippen LogP contribution < -0.4 is 0 Å². The van der Waals surface area contributed by atoms with Crippen molar-refractivity contribution in [3.8, 4) is 0 Å². The molecule has 1 aliphatic carbocycles. The molecule has 0 unspecified atom stereocenters. The molecule has 1 amide bonds. The van der Waals surface area contributed by atoms with E-state index >= 15 is 0 Å². The fraction of sp³-hybridized carbons (Fsp3) is 0.389. The molecule has 0 spiro atoms. The Hall–Kier alpha value is -2.03. The first-order valence-electron chi connectivity index (χ1n) is 7.68. The molecule has 0 bridgehead atoms. The van der Waals surface area contributed by atoms with E-state index in [1.807, 2.05) is 17.0 Å². The average Bonchev–Trinajstić information content (AvgIpc) is 3.18. The summed E-state index contributed by atoms with van der Waals surface area (Å²) in [6, 6.07) is 12.8. The molecule has 1 heterocycles. The van der Waals surface area contributed by atoms with E-state index in [2.05, 4.69) is 43.1 Å². The van der Waals surface area contributed by atoms with Gasteiger partial charge >= 0.3 is 0 Å². The minimum Gasteiger partial charge on any atom is -0.357 e. The Morgan fingerprint density at radius 1 is 1.24 bits per heavy atom. The van der Waals surface area contributed by atoms with Crippen molar-refractivity contribution in [1.82, 2.24) is 9.88 Å². The van der Waals surface area contributed by atoms with Gasteiger partial charge in [-0.15, -0.1) is 0 Å². The van der Waals surface area contributed by atoms with Crippen LogP contribution in [0.1, 0.15) is 54.2 Å². The van der Waals surface area contributed by atoms with E-state index in [4.69, 9.17) is 0 Å². The first-order valence-corrected chi connectivity index (χ1v) is 7.68. The van der Waals surface area contributed by atoms with Crippen LogP contribution in [0.4, 0.5) is 0 Å². The maximum Gasteiger partial charge on any atom is 0.270 e. The van der Waals surface area contributed by atoms with Crippen LogP contribution in [0.3, 0.4) is 0 Å². The number of aromatic nitrogens is 1. The van der Waals surface area contributed by atoms with E-state index in [9.17, 15) is 4.79 Å². The maximum atomic E-state index is 12.6. The third-order valence-corrected chi connectivity index (χ3v) is 4.08. The zero-order valence-electron chi connectivity index (χ0n) is 12.7. The number of hydrogen-bond acceptors (Lipinski definition) is 1. The summed E-state index contributed by atoms with van der Waals surface area (Å²) in [5, 5.41) is 0. The van der Waals surface area contributed by atoms with E-state index in [1.165, 1.54) is 11.1 Å². The van der Waals surface area contributed by atoms with E-state index in [1.54, 1.807) is 6.20 Å². The van der Waals surface area contributed by atoms with Crippen LogP contribution in [-0.2, 0) is 6.54 Å². The first kappa shape index (κ1) is 13.9. The largest absolute Gasteiger partial charge is 0.357 e. The molecule has 1 aromatic heterocycles. The van der Waals surface area contributed by atoms with Crippen LogP contribution in [0.5, 0.6) is 0 Å². The quantitative estimate of drug-likeness (QED) is 0.885. The Bertz CT molecular complexity index is 595. The van der Waals surface area contributed by atoms with Gasteiger partial charge < -0.3 is 9.88 Å². The van der Waals surface area contributed by atoms with Crippen molar-refractivity contribution in [1.29, 1.82) is 0 Å². The van der Waals surface area contributed by atoms with Gasteiger partial charge in [0, 0.05) is 18.8 Å². The number of H-pyrrole nitrogens is 1. The van der Waals surface area contributed by atoms with Gasteiger partial charge in [0.1, 0.15) is 5.69 Å². The van der Waals surface area contributed by atoms with Crippen molar-refractivity contribution >= 4 is 5.91 Å². The number of amides is 1. The van der Waals surface area contributed by atoms with E-state index in [0.29, 0.717) is 24.2 Å². The van der Waals surface area contributed by atoms with Crippen molar-refractivity contribution in [3.63, 3.8) is 0 Å². The first-order chi connectivity index (χ1) is 10.1. The summed E-state index contributed by atoms with van der Waals surface area (Å²) < 4.78 is 0. The third kappa shape index (κ3) is 3.18. The van der Waals surface area contributed by atoms with E-state index in [-0.39, 0.29) is 5.91 Å². The van der Waals surface area contributed by atoms with Gasteiger partial charge in [-0.1, -0.05) is 38.1 Å². The van der Waals surface area contributed by atoms with E-state index < -0.39 is 0 Å². The second-order valence-corrected chi connectivity index (χ2v) is 6.14. The summed E-state index contributed by atoms with van der Waals surface area (Å²) in [5.74, 6) is 0.648. The second kappa shape index (κ2) is 5.76. The smallest absolute Gasteiger partial charge is 0.270 e. The van der Waals surface area contributed by atoms with Crippen LogP contribution in [0.25, 0.3) is 0 Å². The molecule has 21 heavy (non-hydrogen) atoms. The highest BCUT2D eigenvalue weighted by Crippen LogP contribution is 2.29. The lowest BCUT2D eigenvalue weighted by Crippen LogP contribution is -2.32. The summed E-state index contributed by atoms with van der Waals surface area (Å²) in [6.07, 6.45) is 4.04. The highest BCUT2D eigenvalue weighted by molar-refractivity contribution is 5.92. The molecule has 0 radical (unpaired) electrons. The second-order valence-electron chi connectivity index (χ2n) is 6.14. The molecule has 3 heteroatoms. The molecular weight excluding hydrogens is 260 g/mol. The van der Waals surface area contributed by atoms with Gasteiger partial charge in [0.15, 0.2) is 0 Å². The zero-order chi connectivity index (χ0) is 14.8. The molecule has 0 atom stereocenters. The Morgan fingerprint density at radius 2 is 1.95 bits per heavy atom. The van der Waals surface area contributed by atoms with E-state index in [0.717, 1.165) is 12.8 Å². The SMILES string of the molecule is CC(C)c1ccc(CN(C(=O)c2ccc[nH]2)C2CC2)cc1. The number of nitrogens with zero attached hydrogens (tertiary/aromatic N) is 1. The molecule has 3 nitrogen and oxygen atoms in total. The number of rotatable bonds is 5. The van der Waals surface area contributed by atoms with Crippen molar-refractivity contribution in [2.75, 3.05) is 0 Å². The minimum atomic E-state index is 0.107. The van der Waals surface area contributed by atoms with Crippen LogP contribution in [0.15, 0.2) is 42.6 Å². The Morgan fingerprint density at radius 3 is 2.48 bits per heavy atom. The highest BCUT2D eigenvalue weighted by atomic mass is 16.2. The van der Waals surface area contributed by atoms with Gasteiger partial charge in [-0.05, 0) is 42.0 Å². The summed E-state index contributed by atoms with van der Waals surface area (Å²) in [5.41, 5.74) is 3.22. The predicted molar refractivity (Wildman–Crippen MR) is 84.2 cm³/mol. The molecule has 1 aliphatic rings. The lowest BCUT2D eigenvalue weighted by Gasteiger charge is -2.22. The number of nitrogens with one attached hydrogen (secondary N) is 1.